The van der Waals surface area contributed by atoms with E-state index in [1.807, 2.05) is 6.07 Å². The number of nitrogens with one attached hydrogen (secondary N) is 2. The van der Waals surface area contributed by atoms with Gasteiger partial charge in [-0.25, -0.2) is 9.78 Å². The fourth-order valence-corrected chi connectivity index (χ4v) is 2.28. The quantitative estimate of drug-likeness (QED) is 0.565. The first-order valence-electron chi connectivity index (χ1n) is 8.33. The number of amides is 1. The molecule has 0 bridgehead atoms. The maximum Gasteiger partial charge on any atom is 0.337 e. The summed E-state index contributed by atoms with van der Waals surface area (Å²) in [5.41, 5.74) is 2.08. The molecule has 0 saturated heterocycles. The summed E-state index contributed by atoms with van der Waals surface area (Å²) in [5.74, 6) is -0.785. The number of unbranched alkanes of at least 4 members (excludes halogenated alkanes) is 2. The lowest BCUT2D eigenvalue weighted by Crippen LogP contribution is -2.14. The van der Waals surface area contributed by atoms with Crippen LogP contribution in [0.15, 0.2) is 42.6 Å². The second kappa shape index (κ2) is 9.42. The number of nitrogens with zero attached hydrogens (tertiary/aromatic N) is 1. The Bertz CT molecular complexity index is 714. The first-order chi connectivity index (χ1) is 12.1. The molecule has 0 spiro atoms. The average molecular weight is 341 g/mol. The Kier molecular flexibility index (Phi) is 6.95. The minimum absolute atomic E-state index is 0.308. The molecule has 0 aliphatic rings. The standard InChI is InChI=1S/C19H23N3O3/c1-3-4-5-11-20-16-9-10-17(21-13-16)18(23)22-15-8-6-7-14(12-15)19(24)25-2/h6-10,12-13,20H,3-5,11H2,1-2H3,(H,22,23). The topological polar surface area (TPSA) is 80.3 Å². The number of esters is 1. The van der Waals surface area contributed by atoms with E-state index in [4.69, 9.17) is 0 Å². The largest absolute Gasteiger partial charge is 0.465 e. The normalized spacial score (nSPS) is 10.2. The van der Waals surface area contributed by atoms with E-state index in [-0.39, 0.29) is 5.91 Å². The molecule has 1 heterocycles. The van der Waals surface area contributed by atoms with Crippen molar-refractivity contribution in [1.82, 2.24) is 4.98 Å². The summed E-state index contributed by atoms with van der Waals surface area (Å²) in [6, 6.07) is 10.1. The maximum atomic E-state index is 12.3. The van der Waals surface area contributed by atoms with E-state index in [0.29, 0.717) is 16.9 Å². The fraction of sp³-hybridized carbons (Fsp3) is 0.316. The molecule has 25 heavy (non-hydrogen) atoms. The van der Waals surface area contributed by atoms with Gasteiger partial charge in [0.25, 0.3) is 5.91 Å². The van der Waals surface area contributed by atoms with Gasteiger partial charge in [-0.1, -0.05) is 25.8 Å². The molecule has 1 aromatic heterocycles. The lowest BCUT2D eigenvalue weighted by molar-refractivity contribution is 0.0600. The molecule has 0 aliphatic heterocycles. The third-order valence-electron chi connectivity index (χ3n) is 3.65. The summed E-state index contributed by atoms with van der Waals surface area (Å²) < 4.78 is 4.67. The number of benzene rings is 1. The first-order valence-corrected chi connectivity index (χ1v) is 8.33. The number of anilines is 2. The SMILES string of the molecule is CCCCCNc1ccc(C(=O)Nc2cccc(C(=O)OC)c2)nc1. The molecular formula is C19H23N3O3. The minimum Gasteiger partial charge on any atom is -0.465 e. The van der Waals surface area contributed by atoms with Crippen LogP contribution in [-0.4, -0.2) is 30.5 Å². The Labute approximate surface area is 147 Å². The van der Waals surface area contributed by atoms with Crippen LogP contribution in [0, 0.1) is 0 Å². The number of hydrogen-bond acceptors (Lipinski definition) is 5. The van der Waals surface area contributed by atoms with Crippen LogP contribution in [0.25, 0.3) is 0 Å². The molecule has 0 unspecified atom stereocenters. The van der Waals surface area contributed by atoms with Crippen molar-refractivity contribution >= 4 is 23.3 Å². The third kappa shape index (κ3) is 5.60. The van der Waals surface area contributed by atoms with Crippen molar-refractivity contribution < 1.29 is 14.3 Å². The highest BCUT2D eigenvalue weighted by Crippen LogP contribution is 2.13. The van der Waals surface area contributed by atoms with E-state index in [1.165, 1.54) is 20.0 Å². The summed E-state index contributed by atoms with van der Waals surface area (Å²) in [4.78, 5) is 28.0. The third-order valence-corrected chi connectivity index (χ3v) is 3.65. The molecule has 0 saturated carbocycles. The van der Waals surface area contributed by atoms with E-state index in [1.54, 1.807) is 36.5 Å². The molecule has 2 N–H and O–H groups in total. The molecule has 1 aromatic carbocycles. The maximum absolute atomic E-state index is 12.3. The second-order valence-corrected chi connectivity index (χ2v) is 5.59. The molecular weight excluding hydrogens is 318 g/mol. The van der Waals surface area contributed by atoms with E-state index in [0.717, 1.165) is 18.7 Å². The summed E-state index contributed by atoms with van der Waals surface area (Å²) >= 11 is 0. The van der Waals surface area contributed by atoms with Crippen molar-refractivity contribution in [2.45, 2.75) is 26.2 Å². The van der Waals surface area contributed by atoms with Crippen LogP contribution in [0.1, 0.15) is 47.0 Å². The molecule has 0 radical (unpaired) electrons. The number of carbonyl (C=O) groups excluding carboxylic acids is 2. The van der Waals surface area contributed by atoms with Crippen molar-refractivity contribution in [3.63, 3.8) is 0 Å². The molecule has 132 valence electrons. The van der Waals surface area contributed by atoms with Crippen molar-refractivity contribution in [3.05, 3.63) is 53.9 Å². The highest BCUT2D eigenvalue weighted by atomic mass is 16.5. The Morgan fingerprint density at radius 2 is 1.96 bits per heavy atom. The van der Waals surface area contributed by atoms with Crippen LogP contribution in [-0.2, 0) is 4.74 Å². The molecule has 6 nitrogen and oxygen atoms in total. The van der Waals surface area contributed by atoms with E-state index >= 15 is 0 Å². The summed E-state index contributed by atoms with van der Waals surface area (Å²) in [7, 11) is 1.31. The Morgan fingerprint density at radius 1 is 1.12 bits per heavy atom. The zero-order valence-corrected chi connectivity index (χ0v) is 14.5. The van der Waals surface area contributed by atoms with Crippen LogP contribution in [0.3, 0.4) is 0 Å². The molecule has 0 fully saturated rings. The Morgan fingerprint density at radius 3 is 2.64 bits per heavy atom. The van der Waals surface area contributed by atoms with Gasteiger partial charge in [0, 0.05) is 12.2 Å². The minimum atomic E-state index is -0.451. The highest BCUT2D eigenvalue weighted by molar-refractivity contribution is 6.03. The van der Waals surface area contributed by atoms with Gasteiger partial charge in [0.1, 0.15) is 5.69 Å². The van der Waals surface area contributed by atoms with Gasteiger partial charge < -0.3 is 15.4 Å². The zero-order chi connectivity index (χ0) is 18.1. The zero-order valence-electron chi connectivity index (χ0n) is 14.5. The van der Waals surface area contributed by atoms with Gasteiger partial charge in [-0.2, -0.15) is 0 Å². The number of carbonyl (C=O) groups is 2. The number of rotatable bonds is 8. The van der Waals surface area contributed by atoms with E-state index in [9.17, 15) is 9.59 Å². The molecule has 0 aliphatic carbocycles. The number of hydrogen-bond donors (Lipinski definition) is 2. The summed E-state index contributed by atoms with van der Waals surface area (Å²) in [6.45, 7) is 3.05. The van der Waals surface area contributed by atoms with E-state index in [2.05, 4.69) is 27.3 Å². The smallest absolute Gasteiger partial charge is 0.337 e. The second-order valence-electron chi connectivity index (χ2n) is 5.59. The van der Waals surface area contributed by atoms with Gasteiger partial charge in [-0.15, -0.1) is 0 Å². The van der Waals surface area contributed by atoms with Crippen LogP contribution in [0.4, 0.5) is 11.4 Å². The fourth-order valence-electron chi connectivity index (χ4n) is 2.28. The van der Waals surface area contributed by atoms with Crippen molar-refractivity contribution in [1.29, 1.82) is 0 Å². The highest BCUT2D eigenvalue weighted by Gasteiger charge is 2.10. The molecule has 6 heteroatoms. The van der Waals surface area contributed by atoms with E-state index < -0.39 is 5.97 Å². The Hall–Kier alpha value is -2.89. The van der Waals surface area contributed by atoms with Gasteiger partial charge >= 0.3 is 5.97 Å². The van der Waals surface area contributed by atoms with Crippen molar-refractivity contribution in [2.24, 2.45) is 0 Å². The predicted octanol–water partition coefficient (Wildman–Crippen LogP) is 3.72. The van der Waals surface area contributed by atoms with Gasteiger partial charge in [0.05, 0.1) is 24.6 Å². The molecule has 2 aromatic rings. The first kappa shape index (κ1) is 18.4. The predicted molar refractivity (Wildman–Crippen MR) is 98.0 cm³/mol. The summed E-state index contributed by atoms with van der Waals surface area (Å²) in [5, 5.41) is 6.00. The monoisotopic (exact) mass is 341 g/mol. The average Bonchev–Trinajstić information content (AvgIpc) is 2.65. The lowest BCUT2D eigenvalue weighted by Gasteiger charge is -2.08. The molecule has 0 atom stereocenters. The van der Waals surface area contributed by atoms with Gasteiger partial charge in [0.2, 0.25) is 0 Å². The van der Waals surface area contributed by atoms with Crippen LogP contribution >= 0.6 is 0 Å². The number of aromatic nitrogens is 1. The van der Waals surface area contributed by atoms with Crippen molar-refractivity contribution in [3.8, 4) is 0 Å². The van der Waals surface area contributed by atoms with Crippen LogP contribution in [0.2, 0.25) is 0 Å². The number of pyridine rings is 1. The van der Waals surface area contributed by atoms with Gasteiger partial charge in [-0.3, -0.25) is 4.79 Å². The molecule has 1 amide bonds. The number of methoxy groups -OCH3 is 1. The summed E-state index contributed by atoms with van der Waals surface area (Å²) in [6.07, 6.45) is 5.11. The van der Waals surface area contributed by atoms with Crippen LogP contribution < -0.4 is 10.6 Å². The van der Waals surface area contributed by atoms with Crippen molar-refractivity contribution in [2.75, 3.05) is 24.3 Å². The van der Waals surface area contributed by atoms with Crippen LogP contribution in [0.5, 0.6) is 0 Å². The number of ether oxygens (including phenoxy) is 1. The van der Waals surface area contributed by atoms with Gasteiger partial charge in [-0.05, 0) is 36.8 Å². The lowest BCUT2D eigenvalue weighted by atomic mass is 10.2. The van der Waals surface area contributed by atoms with Gasteiger partial charge in [0.15, 0.2) is 0 Å². The molecule has 2 rings (SSSR count). The Balaban J connectivity index is 1.95.